The minimum atomic E-state index is -3.57. The Morgan fingerprint density at radius 2 is 1.57 bits per heavy atom. The first kappa shape index (κ1) is 20.0. The maximum absolute atomic E-state index is 14.4. The van der Waals surface area contributed by atoms with Crippen molar-refractivity contribution in [2.75, 3.05) is 19.6 Å². The molecule has 0 fully saturated rings. The third-order valence-electron chi connectivity index (χ3n) is 3.90. The third-order valence-corrected chi connectivity index (χ3v) is 6.00. The predicted octanol–water partition coefficient (Wildman–Crippen LogP) is 2.98. The highest BCUT2D eigenvalue weighted by molar-refractivity contribution is 7.91. The molecular weight excluding hydrogens is 409 g/mol. The molecule has 2 aromatic carbocycles. The molecule has 28 heavy (non-hydrogen) atoms. The molecule has 0 spiro atoms. The molecule has 148 valence electrons. The van der Waals surface area contributed by atoms with Crippen LogP contribution in [0, 0.1) is 5.82 Å². The first-order valence-corrected chi connectivity index (χ1v) is 11.6. The van der Waals surface area contributed by atoms with E-state index in [4.69, 9.17) is 9.47 Å². The van der Waals surface area contributed by atoms with Crippen LogP contribution in [0.3, 0.4) is 0 Å². The molecule has 0 saturated carbocycles. The van der Waals surface area contributed by atoms with Gasteiger partial charge < -0.3 is 9.47 Å². The van der Waals surface area contributed by atoms with E-state index >= 15 is 0 Å². The van der Waals surface area contributed by atoms with Crippen molar-refractivity contribution in [2.24, 2.45) is 0 Å². The van der Waals surface area contributed by atoms with E-state index in [0.29, 0.717) is 10.9 Å². The maximum atomic E-state index is 14.4. The lowest BCUT2D eigenvalue weighted by atomic mass is 10.2. The van der Waals surface area contributed by atoms with Crippen LogP contribution >= 0.6 is 0 Å². The van der Waals surface area contributed by atoms with Crippen LogP contribution in [0.25, 0.3) is 10.9 Å². The summed E-state index contributed by atoms with van der Waals surface area (Å²) in [6.45, 7) is 0. The van der Waals surface area contributed by atoms with Gasteiger partial charge >= 0.3 is 0 Å². The molecule has 0 atom stereocenters. The van der Waals surface area contributed by atoms with Crippen molar-refractivity contribution in [3.63, 3.8) is 0 Å². The minimum absolute atomic E-state index is 0.111. The number of rotatable bonds is 5. The van der Waals surface area contributed by atoms with Crippen LogP contribution in [0.4, 0.5) is 4.39 Å². The fourth-order valence-corrected chi connectivity index (χ4v) is 3.73. The first-order chi connectivity index (χ1) is 13.0. The highest BCUT2D eigenvalue weighted by atomic mass is 32.2. The first-order valence-electron chi connectivity index (χ1n) is 7.86. The molecule has 1 heterocycles. The summed E-state index contributed by atoms with van der Waals surface area (Å²) in [5, 5.41) is 0.290. The van der Waals surface area contributed by atoms with Crippen molar-refractivity contribution in [1.82, 2.24) is 4.98 Å². The predicted molar refractivity (Wildman–Crippen MR) is 101 cm³/mol. The van der Waals surface area contributed by atoms with Gasteiger partial charge in [-0.3, -0.25) is 0 Å². The summed E-state index contributed by atoms with van der Waals surface area (Å²) in [4.78, 5) is 3.92. The van der Waals surface area contributed by atoms with Crippen LogP contribution in [0.15, 0.2) is 52.4 Å². The fraction of sp³-hybridized carbons (Fsp3) is 0.167. The van der Waals surface area contributed by atoms with Gasteiger partial charge in [-0.2, -0.15) is 0 Å². The highest BCUT2D eigenvalue weighted by Crippen LogP contribution is 2.39. The summed E-state index contributed by atoms with van der Waals surface area (Å²) in [7, 11) is -5.68. The number of hydrogen-bond donors (Lipinski definition) is 0. The van der Waals surface area contributed by atoms with Gasteiger partial charge in [0.15, 0.2) is 47.8 Å². The fourth-order valence-electron chi connectivity index (χ4n) is 2.52. The number of nitrogens with zero attached hydrogens (tertiary/aromatic N) is 1. The summed E-state index contributed by atoms with van der Waals surface area (Å²) < 4.78 is 71.9. The number of halogens is 1. The maximum Gasteiger partial charge on any atom is 0.192 e. The van der Waals surface area contributed by atoms with Crippen LogP contribution in [-0.2, 0) is 19.7 Å². The number of hydrogen-bond acceptors (Lipinski definition) is 7. The summed E-state index contributed by atoms with van der Waals surface area (Å²) in [6.07, 6.45) is 2.02. The molecule has 7 nitrogen and oxygen atoms in total. The number of ether oxygens (including phenoxy) is 2. The van der Waals surface area contributed by atoms with Crippen molar-refractivity contribution in [2.45, 2.75) is 9.92 Å². The summed E-state index contributed by atoms with van der Waals surface area (Å²) in [6, 6.07) is 9.15. The third kappa shape index (κ3) is 3.92. The molecule has 0 radical (unpaired) electrons. The zero-order valence-electron chi connectivity index (χ0n) is 15.1. The molecule has 3 aromatic rings. The van der Waals surface area contributed by atoms with E-state index in [1.807, 2.05) is 0 Å². The summed E-state index contributed by atoms with van der Waals surface area (Å²) in [5.74, 6) is -0.695. The second-order valence-electron chi connectivity index (χ2n) is 6.05. The molecule has 0 bridgehead atoms. The second kappa shape index (κ2) is 7.02. The topological polar surface area (TPSA) is 99.6 Å². The Bertz CT molecular complexity index is 1290. The summed E-state index contributed by atoms with van der Waals surface area (Å²) >= 11 is 0. The van der Waals surface area contributed by atoms with E-state index < -0.39 is 25.5 Å². The largest absolute Gasteiger partial charge is 0.493 e. The van der Waals surface area contributed by atoms with Gasteiger partial charge in [-0.05, 0) is 42.5 Å². The number of sulfone groups is 2. The second-order valence-corrected chi connectivity index (χ2v) is 10.0. The molecule has 1 aromatic heterocycles. The van der Waals surface area contributed by atoms with Crippen LogP contribution < -0.4 is 9.47 Å². The van der Waals surface area contributed by atoms with Crippen molar-refractivity contribution < 1.29 is 30.7 Å². The molecule has 10 heteroatoms. The van der Waals surface area contributed by atoms with Gasteiger partial charge in [-0.25, -0.2) is 26.2 Å². The average molecular weight is 425 g/mol. The van der Waals surface area contributed by atoms with E-state index in [2.05, 4.69) is 4.98 Å². The van der Waals surface area contributed by atoms with E-state index in [-0.39, 0.29) is 27.2 Å². The molecule has 0 aliphatic carbocycles. The number of pyridine rings is 1. The van der Waals surface area contributed by atoms with Crippen molar-refractivity contribution in [1.29, 1.82) is 0 Å². The minimum Gasteiger partial charge on any atom is -0.493 e. The SMILES string of the molecule is COc1ccc2nc(S(C)(=O)=O)ccc2c1Oc1ccc(S(C)(=O)=O)cc1F. The van der Waals surface area contributed by atoms with Gasteiger partial charge in [0.1, 0.15) is 0 Å². The normalized spacial score (nSPS) is 12.1. The molecule has 0 amide bonds. The molecule has 3 rings (SSSR count). The van der Waals surface area contributed by atoms with Gasteiger partial charge in [-0.15, -0.1) is 0 Å². The Labute approximate surface area is 161 Å². The monoisotopic (exact) mass is 425 g/mol. The molecule has 0 aliphatic heterocycles. The molecule has 0 aliphatic rings. The Morgan fingerprint density at radius 3 is 2.14 bits per heavy atom. The Hall–Kier alpha value is -2.72. The quantitative estimate of drug-likeness (QED) is 0.619. The van der Waals surface area contributed by atoms with Crippen LogP contribution in [0.5, 0.6) is 17.2 Å². The van der Waals surface area contributed by atoms with Gasteiger partial charge in [0.2, 0.25) is 0 Å². The van der Waals surface area contributed by atoms with Crippen LogP contribution in [-0.4, -0.2) is 41.4 Å². The van der Waals surface area contributed by atoms with Crippen LogP contribution in [0.2, 0.25) is 0 Å². The Balaban J connectivity index is 2.14. The number of fused-ring (bicyclic) bond motifs is 1. The lowest BCUT2D eigenvalue weighted by molar-refractivity contribution is 0.373. The lowest BCUT2D eigenvalue weighted by Gasteiger charge is -2.14. The molecule has 0 N–H and O–H groups in total. The number of methoxy groups -OCH3 is 1. The van der Waals surface area contributed by atoms with Gasteiger partial charge in [0, 0.05) is 17.9 Å². The molecule has 0 saturated heterocycles. The lowest BCUT2D eigenvalue weighted by Crippen LogP contribution is -2.02. The number of benzene rings is 2. The van der Waals surface area contributed by atoms with E-state index in [0.717, 1.165) is 18.6 Å². The van der Waals surface area contributed by atoms with Gasteiger partial charge in [-0.1, -0.05) is 0 Å². The highest BCUT2D eigenvalue weighted by Gasteiger charge is 2.18. The smallest absolute Gasteiger partial charge is 0.192 e. The molecule has 0 unspecified atom stereocenters. The van der Waals surface area contributed by atoms with E-state index in [1.165, 1.54) is 37.4 Å². The van der Waals surface area contributed by atoms with Crippen molar-refractivity contribution in [3.05, 3.63) is 48.3 Å². The Kier molecular flexibility index (Phi) is 5.02. The van der Waals surface area contributed by atoms with E-state index in [9.17, 15) is 21.2 Å². The average Bonchev–Trinajstić information content (AvgIpc) is 2.61. The standard InChI is InChI=1S/C18H16FNO6S2/c1-25-16-8-6-14-12(5-9-17(20-14)28(3,23)24)18(16)26-15-7-4-11(10-13(15)19)27(2,21)22/h4-10H,1-3H3. The van der Waals surface area contributed by atoms with Crippen molar-refractivity contribution in [3.8, 4) is 17.2 Å². The van der Waals surface area contributed by atoms with Gasteiger partial charge in [0.25, 0.3) is 0 Å². The molecular formula is C18H16FNO6S2. The number of aromatic nitrogens is 1. The summed E-state index contributed by atoms with van der Waals surface area (Å²) in [5.41, 5.74) is 0.312. The zero-order valence-corrected chi connectivity index (χ0v) is 16.8. The van der Waals surface area contributed by atoms with E-state index in [1.54, 1.807) is 6.07 Å². The Morgan fingerprint density at radius 1 is 0.893 bits per heavy atom. The van der Waals surface area contributed by atoms with Crippen LogP contribution in [0.1, 0.15) is 0 Å². The van der Waals surface area contributed by atoms with Crippen molar-refractivity contribution >= 4 is 30.6 Å². The van der Waals surface area contributed by atoms with Gasteiger partial charge in [0.05, 0.1) is 17.5 Å². The zero-order chi connectivity index (χ0) is 20.7.